The number of aromatic nitrogens is 2. The zero-order valence-corrected chi connectivity index (χ0v) is 11.6. The number of thioether (sulfide) groups is 1. The summed E-state index contributed by atoms with van der Waals surface area (Å²) in [5, 5.41) is 5.63. The van der Waals surface area contributed by atoms with E-state index >= 15 is 0 Å². The van der Waals surface area contributed by atoms with Crippen molar-refractivity contribution in [2.45, 2.75) is 38.5 Å². The van der Waals surface area contributed by atoms with E-state index in [2.05, 4.69) is 15.6 Å². The standard InChI is InChI=1S/C11H18N4O2S/c1-4-15-6-5-12-11(15)18-7-9(16)14-10(17)13-8(2)3/h5-6,8H,4,7H2,1-3H3,(H2,13,14,16,17). The summed E-state index contributed by atoms with van der Waals surface area (Å²) >= 11 is 1.31. The van der Waals surface area contributed by atoms with E-state index in [4.69, 9.17) is 0 Å². The van der Waals surface area contributed by atoms with Crippen LogP contribution in [0, 0.1) is 0 Å². The van der Waals surface area contributed by atoms with Gasteiger partial charge in [-0.1, -0.05) is 11.8 Å². The van der Waals surface area contributed by atoms with Crippen molar-refractivity contribution in [3.05, 3.63) is 12.4 Å². The highest BCUT2D eigenvalue weighted by molar-refractivity contribution is 7.99. The Labute approximate surface area is 111 Å². The average Bonchev–Trinajstić information content (AvgIpc) is 2.72. The molecule has 1 aromatic heterocycles. The highest BCUT2D eigenvalue weighted by atomic mass is 32.2. The lowest BCUT2D eigenvalue weighted by atomic mass is 10.4. The van der Waals surface area contributed by atoms with Crippen LogP contribution >= 0.6 is 11.8 Å². The first-order valence-electron chi connectivity index (χ1n) is 5.77. The summed E-state index contributed by atoms with van der Waals surface area (Å²) < 4.78 is 1.94. The highest BCUT2D eigenvalue weighted by Gasteiger charge is 2.10. The van der Waals surface area contributed by atoms with Crippen LogP contribution in [0.3, 0.4) is 0 Å². The van der Waals surface area contributed by atoms with Crippen LogP contribution in [0.2, 0.25) is 0 Å². The molecule has 0 bridgehead atoms. The first-order valence-corrected chi connectivity index (χ1v) is 6.75. The Morgan fingerprint density at radius 2 is 2.22 bits per heavy atom. The quantitative estimate of drug-likeness (QED) is 0.789. The van der Waals surface area contributed by atoms with Crippen LogP contribution in [0.25, 0.3) is 0 Å². The van der Waals surface area contributed by atoms with Crippen molar-refractivity contribution in [2.75, 3.05) is 5.75 Å². The first-order chi connectivity index (χ1) is 8.52. The monoisotopic (exact) mass is 270 g/mol. The van der Waals surface area contributed by atoms with Crippen LogP contribution in [0.15, 0.2) is 17.6 Å². The number of nitrogens with one attached hydrogen (secondary N) is 2. The molecule has 6 nitrogen and oxygen atoms in total. The largest absolute Gasteiger partial charge is 0.336 e. The number of hydrogen-bond donors (Lipinski definition) is 2. The van der Waals surface area contributed by atoms with Crippen LogP contribution in [-0.4, -0.2) is 33.3 Å². The smallest absolute Gasteiger partial charge is 0.321 e. The molecule has 18 heavy (non-hydrogen) atoms. The Morgan fingerprint density at radius 1 is 1.50 bits per heavy atom. The normalized spacial score (nSPS) is 10.4. The molecule has 0 fully saturated rings. The molecule has 2 N–H and O–H groups in total. The van der Waals surface area contributed by atoms with Crippen LogP contribution in [-0.2, 0) is 11.3 Å². The number of imide groups is 1. The van der Waals surface area contributed by atoms with E-state index in [1.165, 1.54) is 11.8 Å². The third-order valence-corrected chi connectivity index (χ3v) is 3.03. The summed E-state index contributed by atoms with van der Waals surface area (Å²) in [6.07, 6.45) is 3.54. The van der Waals surface area contributed by atoms with E-state index in [1.54, 1.807) is 6.20 Å². The maximum atomic E-state index is 11.5. The van der Waals surface area contributed by atoms with E-state index in [-0.39, 0.29) is 17.7 Å². The van der Waals surface area contributed by atoms with Gasteiger partial charge in [-0.15, -0.1) is 0 Å². The summed E-state index contributed by atoms with van der Waals surface area (Å²) in [5.74, 6) is -0.161. The van der Waals surface area contributed by atoms with Gasteiger partial charge in [0.25, 0.3) is 0 Å². The number of aryl methyl sites for hydroxylation is 1. The van der Waals surface area contributed by atoms with E-state index in [0.717, 1.165) is 11.7 Å². The molecule has 7 heteroatoms. The van der Waals surface area contributed by atoms with Crippen molar-refractivity contribution in [1.29, 1.82) is 0 Å². The Hall–Kier alpha value is -1.50. The van der Waals surface area contributed by atoms with Gasteiger partial charge in [0.1, 0.15) is 0 Å². The minimum Gasteiger partial charge on any atom is -0.336 e. The lowest BCUT2D eigenvalue weighted by Gasteiger charge is -2.09. The van der Waals surface area contributed by atoms with Crippen molar-refractivity contribution in [2.24, 2.45) is 0 Å². The molecule has 0 saturated heterocycles. The topological polar surface area (TPSA) is 76.0 Å². The molecule has 1 rings (SSSR count). The molecule has 0 aliphatic rings. The van der Waals surface area contributed by atoms with Gasteiger partial charge in [0, 0.05) is 25.0 Å². The van der Waals surface area contributed by atoms with Gasteiger partial charge in [-0.05, 0) is 20.8 Å². The van der Waals surface area contributed by atoms with Gasteiger partial charge in [0.05, 0.1) is 5.75 Å². The summed E-state index contributed by atoms with van der Waals surface area (Å²) in [4.78, 5) is 26.9. The van der Waals surface area contributed by atoms with Gasteiger partial charge in [0.15, 0.2) is 5.16 Å². The lowest BCUT2D eigenvalue weighted by Crippen LogP contribution is -2.43. The molecule has 0 aliphatic carbocycles. The van der Waals surface area contributed by atoms with Gasteiger partial charge < -0.3 is 9.88 Å². The third-order valence-electron chi connectivity index (χ3n) is 2.02. The molecule has 0 aliphatic heterocycles. The van der Waals surface area contributed by atoms with Crippen molar-refractivity contribution in [3.8, 4) is 0 Å². The molecule has 0 saturated carbocycles. The Kier molecular flexibility index (Phi) is 5.70. The second-order valence-electron chi connectivity index (χ2n) is 3.96. The van der Waals surface area contributed by atoms with Crippen LogP contribution in [0.5, 0.6) is 0 Å². The maximum Gasteiger partial charge on any atom is 0.321 e. The molecule has 100 valence electrons. The van der Waals surface area contributed by atoms with Crippen molar-refractivity contribution in [3.63, 3.8) is 0 Å². The zero-order chi connectivity index (χ0) is 13.5. The first kappa shape index (κ1) is 14.6. The number of rotatable bonds is 5. The predicted octanol–water partition coefficient (Wildman–Crippen LogP) is 1.23. The fourth-order valence-corrected chi connectivity index (χ4v) is 2.09. The molecular weight excluding hydrogens is 252 g/mol. The summed E-state index contributed by atoms with van der Waals surface area (Å²) in [7, 11) is 0. The predicted molar refractivity (Wildman–Crippen MR) is 70.4 cm³/mol. The van der Waals surface area contributed by atoms with Crippen LogP contribution in [0.1, 0.15) is 20.8 Å². The minimum atomic E-state index is -0.463. The van der Waals surface area contributed by atoms with E-state index in [9.17, 15) is 9.59 Å². The number of carbonyl (C=O) groups excluding carboxylic acids is 2. The Balaban J connectivity index is 2.35. The van der Waals surface area contributed by atoms with Gasteiger partial charge >= 0.3 is 6.03 Å². The SMILES string of the molecule is CCn1ccnc1SCC(=O)NC(=O)NC(C)C. The molecular formula is C11H18N4O2S. The Bertz CT molecular complexity index is 417. The second kappa shape index (κ2) is 7.05. The minimum absolute atomic E-state index is 0.00411. The fraction of sp³-hybridized carbons (Fsp3) is 0.545. The van der Waals surface area contributed by atoms with E-state index in [1.807, 2.05) is 31.5 Å². The number of nitrogens with zero attached hydrogens (tertiary/aromatic N) is 2. The maximum absolute atomic E-state index is 11.5. The van der Waals surface area contributed by atoms with Crippen LogP contribution < -0.4 is 10.6 Å². The highest BCUT2D eigenvalue weighted by Crippen LogP contribution is 2.14. The van der Waals surface area contributed by atoms with E-state index in [0.29, 0.717) is 0 Å². The number of amides is 3. The van der Waals surface area contributed by atoms with Crippen molar-refractivity contribution < 1.29 is 9.59 Å². The van der Waals surface area contributed by atoms with E-state index < -0.39 is 6.03 Å². The van der Waals surface area contributed by atoms with Gasteiger partial charge in [0.2, 0.25) is 5.91 Å². The summed E-state index contributed by atoms with van der Waals surface area (Å²) in [6.45, 7) is 6.47. The Morgan fingerprint density at radius 3 is 2.83 bits per heavy atom. The molecule has 0 spiro atoms. The number of hydrogen-bond acceptors (Lipinski definition) is 4. The third kappa shape index (κ3) is 4.79. The molecule has 0 aromatic carbocycles. The number of carbonyl (C=O) groups is 2. The van der Waals surface area contributed by atoms with Crippen molar-refractivity contribution >= 4 is 23.7 Å². The molecule has 1 heterocycles. The molecule has 0 unspecified atom stereocenters. The van der Waals surface area contributed by atoms with Gasteiger partial charge in [-0.25, -0.2) is 9.78 Å². The summed E-state index contributed by atoms with van der Waals surface area (Å²) in [6, 6.07) is -0.459. The van der Waals surface area contributed by atoms with Gasteiger partial charge in [-0.2, -0.15) is 0 Å². The molecule has 0 atom stereocenters. The number of urea groups is 1. The van der Waals surface area contributed by atoms with Crippen molar-refractivity contribution in [1.82, 2.24) is 20.2 Å². The summed E-state index contributed by atoms with van der Waals surface area (Å²) in [5.41, 5.74) is 0. The zero-order valence-electron chi connectivity index (χ0n) is 10.8. The molecule has 0 radical (unpaired) electrons. The van der Waals surface area contributed by atoms with Crippen LogP contribution in [0.4, 0.5) is 4.79 Å². The molecule has 1 aromatic rings. The number of imidazole rings is 1. The lowest BCUT2D eigenvalue weighted by molar-refractivity contribution is -0.117. The fourth-order valence-electron chi connectivity index (χ4n) is 1.27. The molecule has 3 amide bonds. The van der Waals surface area contributed by atoms with Gasteiger partial charge in [-0.3, -0.25) is 10.1 Å². The average molecular weight is 270 g/mol. The second-order valence-corrected chi connectivity index (χ2v) is 4.90.